The van der Waals surface area contributed by atoms with Crippen LogP contribution in [0.3, 0.4) is 0 Å². The SMILES string of the molecule is CCc1csc(CCNC2CCSC2)n1. The Morgan fingerprint density at radius 1 is 1.60 bits per heavy atom. The van der Waals surface area contributed by atoms with Crippen LogP contribution < -0.4 is 5.32 Å². The number of thiazole rings is 1. The fourth-order valence-electron chi connectivity index (χ4n) is 1.70. The molecule has 0 aromatic carbocycles. The maximum atomic E-state index is 4.57. The maximum Gasteiger partial charge on any atom is 0.0940 e. The van der Waals surface area contributed by atoms with Crippen molar-refractivity contribution in [2.75, 3.05) is 18.1 Å². The number of nitrogens with one attached hydrogen (secondary N) is 1. The third-order valence-corrected chi connectivity index (χ3v) is 4.78. The van der Waals surface area contributed by atoms with Gasteiger partial charge < -0.3 is 5.32 Å². The minimum absolute atomic E-state index is 0.751. The predicted octanol–water partition coefficient (Wildman–Crippen LogP) is 2.34. The number of nitrogens with zero attached hydrogens (tertiary/aromatic N) is 1. The lowest BCUT2D eigenvalue weighted by atomic mass is 10.2. The van der Waals surface area contributed by atoms with Gasteiger partial charge in [-0.25, -0.2) is 4.98 Å². The van der Waals surface area contributed by atoms with E-state index in [-0.39, 0.29) is 0 Å². The molecule has 1 aromatic rings. The topological polar surface area (TPSA) is 24.9 Å². The van der Waals surface area contributed by atoms with E-state index in [1.54, 1.807) is 11.3 Å². The van der Waals surface area contributed by atoms with Crippen LogP contribution in [0.1, 0.15) is 24.0 Å². The van der Waals surface area contributed by atoms with Crippen LogP contribution in [0.4, 0.5) is 0 Å². The highest BCUT2D eigenvalue weighted by molar-refractivity contribution is 7.99. The molecule has 0 spiro atoms. The molecular weight excluding hydrogens is 224 g/mol. The fourth-order valence-corrected chi connectivity index (χ4v) is 3.77. The molecule has 84 valence electrons. The van der Waals surface area contributed by atoms with E-state index in [1.807, 2.05) is 0 Å². The van der Waals surface area contributed by atoms with Crippen LogP contribution in [0.2, 0.25) is 0 Å². The molecule has 0 aliphatic carbocycles. The summed E-state index contributed by atoms with van der Waals surface area (Å²) in [5.74, 6) is 2.62. The lowest BCUT2D eigenvalue weighted by Crippen LogP contribution is -2.30. The average Bonchev–Trinajstić information content (AvgIpc) is 2.88. The highest BCUT2D eigenvalue weighted by atomic mass is 32.2. The summed E-state index contributed by atoms with van der Waals surface area (Å²) in [5, 5.41) is 7.07. The average molecular weight is 242 g/mol. The van der Waals surface area contributed by atoms with Gasteiger partial charge in [0.1, 0.15) is 0 Å². The van der Waals surface area contributed by atoms with Crippen molar-refractivity contribution in [2.24, 2.45) is 0 Å². The van der Waals surface area contributed by atoms with E-state index in [1.165, 1.54) is 28.6 Å². The summed E-state index contributed by atoms with van der Waals surface area (Å²) in [7, 11) is 0. The Labute approximate surface area is 99.9 Å². The number of thioether (sulfide) groups is 1. The van der Waals surface area contributed by atoms with Crippen molar-refractivity contribution in [3.05, 3.63) is 16.1 Å². The number of aryl methyl sites for hydroxylation is 1. The molecule has 1 unspecified atom stereocenters. The Morgan fingerprint density at radius 3 is 3.20 bits per heavy atom. The summed E-state index contributed by atoms with van der Waals surface area (Å²) in [6, 6.07) is 0.751. The van der Waals surface area contributed by atoms with Crippen LogP contribution in [-0.4, -0.2) is 29.1 Å². The molecule has 2 rings (SSSR count). The van der Waals surface area contributed by atoms with E-state index in [2.05, 4.69) is 34.4 Å². The summed E-state index contributed by atoms with van der Waals surface area (Å²) in [6.07, 6.45) is 3.48. The Balaban J connectivity index is 1.68. The zero-order valence-corrected chi connectivity index (χ0v) is 10.8. The summed E-state index contributed by atoms with van der Waals surface area (Å²) in [5.41, 5.74) is 1.24. The van der Waals surface area contributed by atoms with E-state index in [4.69, 9.17) is 0 Å². The van der Waals surface area contributed by atoms with E-state index in [0.717, 1.165) is 25.4 Å². The van der Waals surface area contributed by atoms with Gasteiger partial charge in [-0.1, -0.05) is 6.92 Å². The Morgan fingerprint density at radius 2 is 2.53 bits per heavy atom. The molecule has 0 bridgehead atoms. The summed E-state index contributed by atoms with van der Waals surface area (Å²) < 4.78 is 0. The van der Waals surface area contributed by atoms with Crippen LogP contribution in [0.5, 0.6) is 0 Å². The summed E-state index contributed by atoms with van der Waals surface area (Å²) in [6.45, 7) is 3.24. The van der Waals surface area contributed by atoms with Crippen molar-refractivity contribution in [3.63, 3.8) is 0 Å². The smallest absolute Gasteiger partial charge is 0.0940 e. The largest absolute Gasteiger partial charge is 0.313 e. The third-order valence-electron chi connectivity index (χ3n) is 2.66. The first-order valence-corrected chi connectivity index (χ1v) is 7.66. The highest BCUT2D eigenvalue weighted by Gasteiger charge is 2.14. The van der Waals surface area contributed by atoms with E-state index in [9.17, 15) is 0 Å². The van der Waals surface area contributed by atoms with Gasteiger partial charge in [0, 0.05) is 30.1 Å². The fraction of sp³-hybridized carbons (Fsp3) is 0.727. The minimum Gasteiger partial charge on any atom is -0.313 e. The molecular formula is C11H18N2S2. The summed E-state index contributed by atoms with van der Waals surface area (Å²) in [4.78, 5) is 4.57. The predicted molar refractivity (Wildman–Crippen MR) is 68.9 cm³/mol. The van der Waals surface area contributed by atoms with Crippen LogP contribution in [0.15, 0.2) is 5.38 Å². The van der Waals surface area contributed by atoms with Crippen molar-refractivity contribution < 1.29 is 0 Å². The molecule has 1 atom stereocenters. The van der Waals surface area contributed by atoms with Gasteiger partial charge in [0.25, 0.3) is 0 Å². The zero-order valence-electron chi connectivity index (χ0n) is 9.16. The number of rotatable bonds is 5. The van der Waals surface area contributed by atoms with E-state index >= 15 is 0 Å². The van der Waals surface area contributed by atoms with Gasteiger partial charge in [0.2, 0.25) is 0 Å². The third kappa shape index (κ3) is 3.47. The quantitative estimate of drug-likeness (QED) is 0.858. The number of aromatic nitrogens is 1. The number of hydrogen-bond acceptors (Lipinski definition) is 4. The van der Waals surface area contributed by atoms with Gasteiger partial charge in [0.05, 0.1) is 10.7 Å². The lowest BCUT2D eigenvalue weighted by Gasteiger charge is -2.09. The second kappa shape index (κ2) is 5.87. The molecule has 1 saturated heterocycles. The van der Waals surface area contributed by atoms with E-state index in [0.29, 0.717) is 0 Å². The molecule has 0 amide bonds. The van der Waals surface area contributed by atoms with Crippen molar-refractivity contribution in [3.8, 4) is 0 Å². The highest BCUT2D eigenvalue weighted by Crippen LogP contribution is 2.17. The Bertz CT molecular complexity index is 293. The Hall–Kier alpha value is -0.0600. The van der Waals surface area contributed by atoms with Gasteiger partial charge in [-0.3, -0.25) is 0 Å². The van der Waals surface area contributed by atoms with Crippen LogP contribution in [-0.2, 0) is 12.8 Å². The first kappa shape index (κ1) is 11.4. The first-order valence-electron chi connectivity index (χ1n) is 5.63. The molecule has 1 fully saturated rings. The monoisotopic (exact) mass is 242 g/mol. The Kier molecular flexibility index (Phi) is 4.47. The van der Waals surface area contributed by atoms with Crippen molar-refractivity contribution >= 4 is 23.1 Å². The van der Waals surface area contributed by atoms with Gasteiger partial charge in [-0.15, -0.1) is 11.3 Å². The first-order chi connectivity index (χ1) is 7.38. The van der Waals surface area contributed by atoms with Gasteiger partial charge in [-0.2, -0.15) is 11.8 Å². The zero-order chi connectivity index (χ0) is 10.5. The van der Waals surface area contributed by atoms with Crippen molar-refractivity contribution in [1.82, 2.24) is 10.3 Å². The molecule has 1 aliphatic heterocycles. The van der Waals surface area contributed by atoms with Crippen LogP contribution >= 0.6 is 23.1 Å². The maximum absolute atomic E-state index is 4.57. The molecule has 1 N–H and O–H groups in total. The van der Waals surface area contributed by atoms with Crippen molar-refractivity contribution in [1.29, 1.82) is 0 Å². The number of hydrogen-bond donors (Lipinski definition) is 1. The molecule has 2 nitrogen and oxygen atoms in total. The molecule has 0 radical (unpaired) electrons. The minimum atomic E-state index is 0.751. The van der Waals surface area contributed by atoms with Crippen molar-refractivity contribution in [2.45, 2.75) is 32.2 Å². The molecule has 1 aliphatic rings. The van der Waals surface area contributed by atoms with E-state index < -0.39 is 0 Å². The lowest BCUT2D eigenvalue weighted by molar-refractivity contribution is 0.560. The van der Waals surface area contributed by atoms with Gasteiger partial charge in [0.15, 0.2) is 0 Å². The molecule has 4 heteroatoms. The van der Waals surface area contributed by atoms with Gasteiger partial charge in [-0.05, 0) is 18.6 Å². The molecule has 15 heavy (non-hydrogen) atoms. The second-order valence-corrected chi connectivity index (χ2v) is 5.94. The van der Waals surface area contributed by atoms with Crippen LogP contribution in [0, 0.1) is 0 Å². The standard InChI is InChI=1S/C11H18N2S2/c1-2-9-8-15-11(13-9)3-5-12-10-4-6-14-7-10/h8,10,12H,2-7H2,1H3. The molecule has 0 saturated carbocycles. The van der Waals surface area contributed by atoms with Gasteiger partial charge >= 0.3 is 0 Å². The summed E-state index contributed by atoms with van der Waals surface area (Å²) >= 11 is 3.86. The normalized spacial score (nSPS) is 21.0. The second-order valence-electron chi connectivity index (χ2n) is 3.85. The molecule has 1 aromatic heterocycles. The van der Waals surface area contributed by atoms with Crippen LogP contribution in [0.25, 0.3) is 0 Å². The molecule has 2 heterocycles.